The van der Waals surface area contributed by atoms with Crippen LogP contribution < -0.4 is 10.8 Å². The van der Waals surface area contributed by atoms with Gasteiger partial charge in [-0.15, -0.1) is 0 Å². The van der Waals surface area contributed by atoms with Gasteiger partial charge >= 0.3 is 5.97 Å². The molecule has 1 heterocycles. The highest BCUT2D eigenvalue weighted by molar-refractivity contribution is 5.76. The lowest BCUT2D eigenvalue weighted by molar-refractivity contribution is -0.145. The van der Waals surface area contributed by atoms with Gasteiger partial charge in [-0.25, -0.2) is 0 Å². The molecule has 21 heavy (non-hydrogen) atoms. The molecule has 0 radical (unpaired) electrons. The lowest BCUT2D eigenvalue weighted by Crippen LogP contribution is -2.51. The third kappa shape index (κ3) is 5.30. The van der Waals surface area contributed by atoms with Crippen LogP contribution in [-0.2, 0) is 21.0 Å². The first-order chi connectivity index (χ1) is 10.3. The number of carbonyl (C=O) groups is 1. The van der Waals surface area contributed by atoms with Gasteiger partial charge in [-0.2, -0.15) is 5.48 Å². The first kappa shape index (κ1) is 15.7. The van der Waals surface area contributed by atoms with E-state index in [0.717, 1.165) is 18.4 Å². The summed E-state index contributed by atoms with van der Waals surface area (Å²) in [4.78, 5) is 17.2. The molecule has 1 aliphatic rings. The van der Waals surface area contributed by atoms with Crippen LogP contribution in [0.5, 0.6) is 0 Å². The Morgan fingerprint density at radius 3 is 2.86 bits per heavy atom. The largest absolute Gasteiger partial charge is 0.460 e. The third-order valence-corrected chi connectivity index (χ3v) is 3.37. The van der Waals surface area contributed by atoms with Crippen LogP contribution >= 0.6 is 0 Å². The summed E-state index contributed by atoms with van der Waals surface area (Å²) >= 11 is 0. The van der Waals surface area contributed by atoms with Crippen LogP contribution in [0.3, 0.4) is 0 Å². The Labute approximate surface area is 125 Å². The van der Waals surface area contributed by atoms with E-state index in [9.17, 15) is 4.79 Å². The van der Waals surface area contributed by atoms with E-state index in [-0.39, 0.29) is 24.7 Å². The number of hydroxylamine groups is 1. The van der Waals surface area contributed by atoms with Crippen LogP contribution in [0.1, 0.15) is 18.4 Å². The number of esters is 1. The van der Waals surface area contributed by atoms with Crippen LogP contribution in [-0.4, -0.2) is 31.2 Å². The van der Waals surface area contributed by atoms with E-state index in [2.05, 4.69) is 17.4 Å². The second kappa shape index (κ2) is 8.56. The first-order valence-electron chi connectivity index (χ1n) is 7.21. The van der Waals surface area contributed by atoms with Crippen molar-refractivity contribution in [1.82, 2.24) is 10.8 Å². The number of ether oxygens (including phenoxy) is 1. The molecule has 0 bridgehead atoms. The Morgan fingerprint density at radius 2 is 2.19 bits per heavy atom. The molecule has 1 aromatic rings. The molecule has 0 saturated carbocycles. The molecule has 1 aliphatic heterocycles. The Bertz CT molecular complexity index is 442. The van der Waals surface area contributed by atoms with Crippen LogP contribution in [0.25, 0.3) is 0 Å². The van der Waals surface area contributed by atoms with E-state index >= 15 is 0 Å². The van der Waals surface area contributed by atoms with Crippen molar-refractivity contribution >= 4 is 5.97 Å². The van der Waals surface area contributed by atoms with Gasteiger partial charge in [-0.05, 0) is 18.4 Å². The molecule has 1 aromatic carbocycles. The number of piperidine rings is 1. The minimum absolute atomic E-state index is 0.206. The summed E-state index contributed by atoms with van der Waals surface area (Å²) in [5.41, 5.74) is 4.17. The molecule has 0 aliphatic carbocycles. The molecule has 2 atom stereocenters. The highest BCUT2D eigenvalue weighted by Crippen LogP contribution is 2.10. The summed E-state index contributed by atoms with van der Waals surface area (Å²) in [7, 11) is 0. The normalized spacial score (nSPS) is 21.7. The Kier molecular flexibility index (Phi) is 6.40. The van der Waals surface area contributed by atoms with Gasteiger partial charge < -0.3 is 10.1 Å². The molecular formula is C16H22N2O3. The molecule has 0 spiro atoms. The number of benzene rings is 1. The summed E-state index contributed by atoms with van der Waals surface area (Å²) in [5, 5.41) is 3.18. The minimum atomic E-state index is -0.225. The summed E-state index contributed by atoms with van der Waals surface area (Å²) < 4.78 is 5.03. The van der Waals surface area contributed by atoms with Crippen molar-refractivity contribution in [3.8, 4) is 0 Å². The van der Waals surface area contributed by atoms with Crippen molar-refractivity contribution in [3.05, 3.63) is 48.6 Å². The highest BCUT2D eigenvalue weighted by atomic mass is 16.6. The Morgan fingerprint density at radius 1 is 1.38 bits per heavy atom. The molecule has 2 rings (SSSR count). The Hall–Kier alpha value is -1.69. The second-order valence-electron chi connectivity index (χ2n) is 5.05. The van der Waals surface area contributed by atoms with Gasteiger partial charge in [0.05, 0.1) is 6.61 Å². The number of hydrogen-bond donors (Lipinski definition) is 2. The van der Waals surface area contributed by atoms with Crippen LogP contribution in [0, 0.1) is 0 Å². The fourth-order valence-corrected chi connectivity index (χ4v) is 2.22. The van der Waals surface area contributed by atoms with E-state index in [1.54, 1.807) is 6.08 Å². The quantitative estimate of drug-likeness (QED) is 0.453. The maximum absolute atomic E-state index is 11.7. The second-order valence-corrected chi connectivity index (χ2v) is 5.05. The number of rotatable bonds is 7. The molecule has 5 heteroatoms. The van der Waals surface area contributed by atoms with Gasteiger partial charge in [0, 0.05) is 12.6 Å². The van der Waals surface area contributed by atoms with Crippen molar-refractivity contribution in [3.63, 3.8) is 0 Å². The summed E-state index contributed by atoms with van der Waals surface area (Å²) in [6, 6.07) is 9.97. The zero-order valence-corrected chi connectivity index (χ0v) is 12.1. The summed E-state index contributed by atoms with van der Waals surface area (Å²) in [6.07, 6.45) is 3.18. The van der Waals surface area contributed by atoms with E-state index in [1.807, 2.05) is 30.3 Å². The predicted molar refractivity (Wildman–Crippen MR) is 80.3 cm³/mol. The molecule has 5 nitrogen and oxygen atoms in total. The average Bonchev–Trinajstić information content (AvgIpc) is 2.54. The van der Waals surface area contributed by atoms with Crippen molar-refractivity contribution in [1.29, 1.82) is 0 Å². The SMILES string of the molecule is C=CCOC(=O)[C@H]1CC[C@H](NOCc2ccccc2)CN1. The van der Waals surface area contributed by atoms with E-state index in [0.29, 0.717) is 13.2 Å². The average molecular weight is 290 g/mol. The molecule has 1 saturated heterocycles. The van der Waals surface area contributed by atoms with Crippen molar-refractivity contribution in [2.75, 3.05) is 13.2 Å². The number of hydrogen-bond acceptors (Lipinski definition) is 5. The van der Waals surface area contributed by atoms with Gasteiger partial charge in [0.25, 0.3) is 0 Å². The Balaban J connectivity index is 1.63. The van der Waals surface area contributed by atoms with Gasteiger partial charge in [0.15, 0.2) is 0 Å². The van der Waals surface area contributed by atoms with Crippen LogP contribution in [0.2, 0.25) is 0 Å². The van der Waals surface area contributed by atoms with Gasteiger partial charge in [0.1, 0.15) is 12.6 Å². The van der Waals surface area contributed by atoms with E-state index in [1.165, 1.54) is 0 Å². The van der Waals surface area contributed by atoms with E-state index < -0.39 is 0 Å². The summed E-state index contributed by atoms with van der Waals surface area (Å²) in [6.45, 7) is 5.00. The zero-order valence-electron chi connectivity index (χ0n) is 12.1. The van der Waals surface area contributed by atoms with Crippen LogP contribution in [0.15, 0.2) is 43.0 Å². The molecule has 0 unspecified atom stereocenters. The lowest BCUT2D eigenvalue weighted by atomic mass is 10.0. The number of carbonyl (C=O) groups excluding carboxylic acids is 1. The van der Waals surface area contributed by atoms with Gasteiger partial charge in [-0.3, -0.25) is 9.63 Å². The molecule has 1 fully saturated rings. The van der Waals surface area contributed by atoms with Crippen molar-refractivity contribution in [2.24, 2.45) is 0 Å². The minimum Gasteiger partial charge on any atom is -0.460 e. The zero-order chi connectivity index (χ0) is 14.9. The fraction of sp³-hybridized carbons (Fsp3) is 0.438. The monoisotopic (exact) mass is 290 g/mol. The summed E-state index contributed by atoms with van der Waals surface area (Å²) in [5.74, 6) is -0.210. The van der Waals surface area contributed by atoms with Gasteiger partial charge in [0.2, 0.25) is 0 Å². The standard InChI is InChI=1S/C16H22N2O3/c1-2-10-20-16(19)15-9-8-14(11-17-15)18-21-12-13-6-4-3-5-7-13/h2-7,14-15,17-18H,1,8-12H2/t14-,15+/m0/s1. The maximum Gasteiger partial charge on any atom is 0.323 e. The fourth-order valence-electron chi connectivity index (χ4n) is 2.22. The topological polar surface area (TPSA) is 59.6 Å². The van der Waals surface area contributed by atoms with Crippen LogP contribution in [0.4, 0.5) is 0 Å². The predicted octanol–water partition coefficient (Wildman–Crippen LogP) is 1.56. The highest BCUT2D eigenvalue weighted by Gasteiger charge is 2.26. The molecule has 114 valence electrons. The lowest BCUT2D eigenvalue weighted by Gasteiger charge is -2.28. The number of nitrogens with one attached hydrogen (secondary N) is 2. The molecular weight excluding hydrogens is 268 g/mol. The molecule has 2 N–H and O–H groups in total. The first-order valence-corrected chi connectivity index (χ1v) is 7.21. The smallest absolute Gasteiger partial charge is 0.323 e. The maximum atomic E-state index is 11.7. The van der Waals surface area contributed by atoms with Crippen molar-refractivity contribution < 1.29 is 14.4 Å². The van der Waals surface area contributed by atoms with E-state index in [4.69, 9.17) is 9.57 Å². The third-order valence-electron chi connectivity index (χ3n) is 3.37. The van der Waals surface area contributed by atoms with Crippen molar-refractivity contribution in [2.45, 2.75) is 31.5 Å². The van der Waals surface area contributed by atoms with Gasteiger partial charge in [-0.1, -0.05) is 43.0 Å². The molecule has 0 aromatic heterocycles. The molecule has 0 amide bonds.